The molecule has 0 radical (unpaired) electrons. The Morgan fingerprint density at radius 1 is 0.595 bits per heavy atom. The average Bonchev–Trinajstić information content (AvgIpc) is 3.98. The van der Waals surface area contributed by atoms with Crippen molar-refractivity contribution in [1.29, 1.82) is 0 Å². The number of nitrogens with one attached hydrogen (secondary N) is 1. The Balaban J connectivity index is 0.000000195. The molecule has 20 heteroatoms. The zero-order valence-electron chi connectivity index (χ0n) is 49.2. The van der Waals surface area contributed by atoms with Crippen LogP contribution in [-0.4, -0.2) is 192 Å². The van der Waals surface area contributed by atoms with Gasteiger partial charge in [-0.05, 0) is 125 Å². The number of piperidine rings is 2. The third-order valence-electron chi connectivity index (χ3n) is 16.6. The van der Waals surface area contributed by atoms with Gasteiger partial charge in [0.2, 0.25) is 11.9 Å². The quantitative estimate of drug-likeness (QED) is 0.0997. The molecule has 4 aliphatic rings. The van der Waals surface area contributed by atoms with Crippen molar-refractivity contribution in [2.24, 2.45) is 0 Å². The molecule has 0 spiro atoms. The molecular formula is C59H88N16O4. The van der Waals surface area contributed by atoms with Crippen molar-refractivity contribution < 1.29 is 19.0 Å². The highest BCUT2D eigenvalue weighted by Crippen LogP contribution is 2.33. The number of carbonyl (C=O) groups is 1. The third kappa shape index (κ3) is 14.3. The molecule has 0 unspecified atom stereocenters. The van der Waals surface area contributed by atoms with E-state index in [4.69, 9.17) is 24.2 Å². The van der Waals surface area contributed by atoms with E-state index < -0.39 is 5.60 Å². The molecule has 0 saturated carbocycles. The summed E-state index contributed by atoms with van der Waals surface area (Å²) in [6, 6.07) is 8.96. The van der Waals surface area contributed by atoms with Crippen LogP contribution in [-0.2, 0) is 27.1 Å². The molecular weight excluding hydrogens is 997 g/mol. The molecule has 4 fully saturated rings. The molecule has 0 aliphatic carbocycles. The predicted octanol–water partition coefficient (Wildman–Crippen LogP) is 7.61. The Hall–Kier alpha value is -5.93. The Kier molecular flexibility index (Phi) is 18.5. The predicted molar refractivity (Wildman–Crippen MR) is 310 cm³/mol. The van der Waals surface area contributed by atoms with Crippen LogP contribution in [0.1, 0.15) is 133 Å². The lowest BCUT2D eigenvalue weighted by atomic mass is 9.87. The van der Waals surface area contributed by atoms with Crippen LogP contribution >= 0.6 is 0 Å². The van der Waals surface area contributed by atoms with Crippen LogP contribution in [0.15, 0.2) is 49.1 Å². The first-order chi connectivity index (χ1) is 37.9. The number of hydrogen-bond acceptors (Lipinski definition) is 17. The number of piperazine rings is 2. The van der Waals surface area contributed by atoms with Crippen molar-refractivity contribution in [3.05, 3.63) is 83.5 Å². The molecule has 428 valence electrons. The van der Waals surface area contributed by atoms with Crippen molar-refractivity contribution in [2.45, 2.75) is 143 Å². The van der Waals surface area contributed by atoms with Crippen molar-refractivity contribution in [3.8, 4) is 0 Å². The first kappa shape index (κ1) is 57.7. The number of ether oxygens (including phenoxy) is 3. The fraction of sp³-hybridized carbons (Fsp3) is 0.644. The van der Waals surface area contributed by atoms with Crippen LogP contribution in [0, 0.1) is 13.8 Å². The monoisotopic (exact) mass is 1080 g/mol. The van der Waals surface area contributed by atoms with E-state index in [1.54, 1.807) is 0 Å². The fourth-order valence-electron chi connectivity index (χ4n) is 11.9. The third-order valence-corrected chi connectivity index (χ3v) is 16.6. The van der Waals surface area contributed by atoms with E-state index in [2.05, 4.69) is 111 Å². The van der Waals surface area contributed by atoms with E-state index in [0.29, 0.717) is 38.0 Å². The number of methoxy groups -OCH3 is 2. The molecule has 1 amide bonds. The minimum atomic E-state index is -0.468. The van der Waals surface area contributed by atoms with Crippen molar-refractivity contribution in [2.75, 3.05) is 116 Å². The van der Waals surface area contributed by atoms with Gasteiger partial charge in [-0.2, -0.15) is 0 Å². The summed E-state index contributed by atoms with van der Waals surface area (Å²) in [5.41, 5.74) is 7.36. The number of imidazole rings is 2. The van der Waals surface area contributed by atoms with Gasteiger partial charge in [0.25, 0.3) is 0 Å². The standard InChI is InChI=1S/C32H48N8O3.C27H40N8O/c1-23(2)40-24(3)35-27-22-34-26(21-28(27)40)20-25-8-12-33-29(36-25)38-14-10-32(42-7,11-15-38)9-13-37-16-18-39(19-17-37)30(41)43-31(4,5)6;1-20(2)35-21(3)31-24-19-30-23(18-25(24)35)17-22-5-9-29-26(32-22)34-13-7-27(36-4,8-14-34)6-12-33-15-10-28-11-16-33/h8,12,21-23H,9-11,13-20H2,1-7H3;5,9,18-20,28H,6-8,10-17H2,1-4H3. The van der Waals surface area contributed by atoms with E-state index >= 15 is 0 Å². The van der Waals surface area contributed by atoms with Gasteiger partial charge in [-0.3, -0.25) is 14.9 Å². The zero-order chi connectivity index (χ0) is 55.9. The summed E-state index contributed by atoms with van der Waals surface area (Å²) in [4.78, 5) is 61.6. The molecule has 10 rings (SSSR count). The highest BCUT2D eigenvalue weighted by atomic mass is 16.6. The molecule has 4 aliphatic heterocycles. The van der Waals surface area contributed by atoms with Crippen LogP contribution < -0.4 is 15.1 Å². The van der Waals surface area contributed by atoms with E-state index in [9.17, 15) is 4.79 Å². The van der Waals surface area contributed by atoms with Gasteiger partial charge in [-0.15, -0.1) is 0 Å². The minimum Gasteiger partial charge on any atom is -0.444 e. The maximum Gasteiger partial charge on any atom is 0.410 e. The maximum absolute atomic E-state index is 12.4. The van der Waals surface area contributed by atoms with Gasteiger partial charge < -0.3 is 48.3 Å². The van der Waals surface area contributed by atoms with E-state index in [0.717, 1.165) is 185 Å². The Morgan fingerprint density at radius 3 is 1.43 bits per heavy atom. The van der Waals surface area contributed by atoms with Gasteiger partial charge in [-0.25, -0.2) is 34.7 Å². The SMILES string of the molecule is COC1(CCN2CCN(C(=O)OC(C)(C)C)CC2)CCN(c2nccc(Cc3cc4c(cn3)nc(C)n4C(C)C)n2)CC1.COC1(CCN2CCNCC2)CCN(c2nccc(Cc3cc4c(cn3)nc(C)n4C(C)C)n2)CC1. The Morgan fingerprint density at radius 2 is 1.03 bits per heavy atom. The second-order valence-electron chi connectivity index (χ2n) is 23.8. The number of nitrogens with zero attached hydrogens (tertiary/aromatic N) is 15. The molecule has 0 bridgehead atoms. The number of anilines is 2. The van der Waals surface area contributed by atoms with Crippen LogP contribution in [0.3, 0.4) is 0 Å². The first-order valence-corrected chi connectivity index (χ1v) is 29.0. The van der Waals surface area contributed by atoms with Gasteiger partial charge in [0.05, 0.1) is 46.0 Å². The lowest BCUT2D eigenvalue weighted by Gasteiger charge is -2.42. The number of aromatic nitrogens is 10. The van der Waals surface area contributed by atoms with E-state index in [1.165, 1.54) is 0 Å². The smallest absolute Gasteiger partial charge is 0.410 e. The fourth-order valence-corrected chi connectivity index (χ4v) is 11.9. The summed E-state index contributed by atoms with van der Waals surface area (Å²) in [5, 5.41) is 3.43. The summed E-state index contributed by atoms with van der Waals surface area (Å²) in [6.45, 7) is 31.7. The molecule has 1 N–H and O–H groups in total. The highest BCUT2D eigenvalue weighted by molar-refractivity contribution is 5.76. The number of hydrogen-bond donors (Lipinski definition) is 1. The van der Waals surface area contributed by atoms with Crippen LogP contribution in [0.4, 0.5) is 16.7 Å². The minimum absolute atomic E-state index is 0.0458. The van der Waals surface area contributed by atoms with Crippen LogP contribution in [0.2, 0.25) is 0 Å². The molecule has 0 aromatic carbocycles. The lowest BCUT2D eigenvalue weighted by molar-refractivity contribution is -0.0447. The first-order valence-electron chi connectivity index (χ1n) is 29.0. The molecule has 79 heavy (non-hydrogen) atoms. The molecule has 0 atom stereocenters. The van der Waals surface area contributed by atoms with Gasteiger partial charge in [0, 0.05) is 155 Å². The summed E-state index contributed by atoms with van der Waals surface area (Å²) < 4.78 is 22.3. The van der Waals surface area contributed by atoms with Gasteiger partial charge in [0.1, 0.15) is 28.3 Å². The number of fused-ring (bicyclic) bond motifs is 2. The summed E-state index contributed by atoms with van der Waals surface area (Å²) >= 11 is 0. The van der Waals surface area contributed by atoms with Gasteiger partial charge >= 0.3 is 6.09 Å². The highest BCUT2D eigenvalue weighted by Gasteiger charge is 2.38. The number of pyridine rings is 2. The molecule has 6 aromatic heterocycles. The average molecular weight is 1090 g/mol. The van der Waals surface area contributed by atoms with Crippen LogP contribution in [0.5, 0.6) is 0 Å². The van der Waals surface area contributed by atoms with Gasteiger partial charge in [0.15, 0.2) is 0 Å². The summed E-state index contributed by atoms with van der Waals surface area (Å²) in [5.74, 6) is 3.60. The number of aryl methyl sites for hydroxylation is 2. The van der Waals surface area contributed by atoms with Gasteiger partial charge in [-0.1, -0.05) is 0 Å². The Labute approximate surface area is 468 Å². The summed E-state index contributed by atoms with van der Waals surface area (Å²) in [6.07, 6.45) is 14.5. The molecule has 10 heterocycles. The Bertz CT molecular complexity index is 2960. The normalized spacial score (nSPS) is 18.4. The number of rotatable bonds is 16. The molecule has 4 saturated heterocycles. The largest absolute Gasteiger partial charge is 0.444 e. The second-order valence-corrected chi connectivity index (χ2v) is 23.8. The summed E-state index contributed by atoms with van der Waals surface area (Å²) in [7, 11) is 3.71. The lowest BCUT2D eigenvalue weighted by Crippen LogP contribution is -2.52. The van der Waals surface area contributed by atoms with E-state index in [-0.39, 0.29) is 17.3 Å². The second kappa shape index (κ2) is 25.2. The van der Waals surface area contributed by atoms with E-state index in [1.807, 2.05) is 83.7 Å². The number of amides is 1. The molecule has 6 aromatic rings. The van der Waals surface area contributed by atoms with Crippen LogP contribution in [0.25, 0.3) is 22.1 Å². The number of carbonyl (C=O) groups excluding carboxylic acids is 1. The molecule has 20 nitrogen and oxygen atoms in total. The zero-order valence-corrected chi connectivity index (χ0v) is 49.2. The maximum atomic E-state index is 12.4. The van der Waals surface area contributed by atoms with Crippen molar-refractivity contribution >= 4 is 40.1 Å². The topological polar surface area (TPSA) is 186 Å². The van der Waals surface area contributed by atoms with Crippen molar-refractivity contribution in [1.82, 2.24) is 69.0 Å². The van der Waals surface area contributed by atoms with Crippen molar-refractivity contribution in [3.63, 3.8) is 0 Å².